The van der Waals surface area contributed by atoms with Gasteiger partial charge in [0.2, 0.25) is 0 Å². The van der Waals surface area contributed by atoms with Crippen LogP contribution in [0.15, 0.2) is 0 Å². The van der Waals surface area contributed by atoms with Gasteiger partial charge in [0.25, 0.3) is 0 Å². The van der Waals surface area contributed by atoms with Gasteiger partial charge in [0.15, 0.2) is 0 Å². The molecule has 1 heterocycles. The Morgan fingerprint density at radius 1 is 1.36 bits per heavy atom. The van der Waals surface area contributed by atoms with Gasteiger partial charge in [-0.15, -0.1) is 18.8 Å². The Balaban J connectivity index is 0.000001000. The molecule has 3 heteroatoms. The molecule has 1 rings (SSSR count). The van der Waals surface area contributed by atoms with Crippen LogP contribution < -0.4 is 5.32 Å². The van der Waals surface area contributed by atoms with E-state index in [4.69, 9.17) is 6.42 Å². The third-order valence-corrected chi connectivity index (χ3v) is 1.93. The van der Waals surface area contributed by atoms with Crippen molar-refractivity contribution >= 4 is 12.4 Å². The standard InChI is InChI=1S/C8H13NO.ClH/c1-2-8(10)4-3-6-9-7-5-8;/h1,9-10H,3-7H2;1H. The van der Waals surface area contributed by atoms with E-state index in [1.54, 1.807) is 0 Å². The lowest BCUT2D eigenvalue weighted by atomic mass is 9.96. The van der Waals surface area contributed by atoms with Gasteiger partial charge in [-0.2, -0.15) is 0 Å². The summed E-state index contributed by atoms with van der Waals surface area (Å²) in [4.78, 5) is 0. The van der Waals surface area contributed by atoms with Crippen molar-refractivity contribution in [2.45, 2.75) is 24.9 Å². The first-order valence-corrected chi connectivity index (χ1v) is 3.68. The SMILES string of the molecule is C#CC1(O)CCCNCC1.Cl. The molecular weight excluding hydrogens is 162 g/mol. The molecule has 1 atom stereocenters. The second-order valence-corrected chi connectivity index (χ2v) is 2.78. The number of halogens is 1. The monoisotopic (exact) mass is 175 g/mol. The summed E-state index contributed by atoms with van der Waals surface area (Å²) >= 11 is 0. The summed E-state index contributed by atoms with van der Waals surface area (Å²) in [7, 11) is 0. The lowest BCUT2D eigenvalue weighted by Crippen LogP contribution is -2.27. The van der Waals surface area contributed by atoms with E-state index in [1.165, 1.54) is 0 Å². The minimum atomic E-state index is -0.830. The van der Waals surface area contributed by atoms with Crippen molar-refractivity contribution in [3.05, 3.63) is 0 Å². The largest absolute Gasteiger partial charge is 0.378 e. The normalized spacial score (nSPS) is 31.3. The van der Waals surface area contributed by atoms with Crippen LogP contribution in [0.4, 0.5) is 0 Å². The third-order valence-electron chi connectivity index (χ3n) is 1.93. The summed E-state index contributed by atoms with van der Waals surface area (Å²) in [5.74, 6) is 2.44. The molecule has 0 aromatic carbocycles. The van der Waals surface area contributed by atoms with Gasteiger partial charge >= 0.3 is 0 Å². The van der Waals surface area contributed by atoms with Crippen LogP contribution in [0.25, 0.3) is 0 Å². The molecule has 2 N–H and O–H groups in total. The highest BCUT2D eigenvalue weighted by Gasteiger charge is 2.24. The van der Waals surface area contributed by atoms with Crippen LogP contribution in [0.5, 0.6) is 0 Å². The van der Waals surface area contributed by atoms with E-state index >= 15 is 0 Å². The smallest absolute Gasteiger partial charge is 0.126 e. The van der Waals surface area contributed by atoms with Crippen LogP contribution in [0.2, 0.25) is 0 Å². The fraction of sp³-hybridized carbons (Fsp3) is 0.750. The van der Waals surface area contributed by atoms with Gasteiger partial charge in [-0.1, -0.05) is 5.92 Å². The molecule has 64 valence electrons. The highest BCUT2D eigenvalue weighted by atomic mass is 35.5. The first-order chi connectivity index (χ1) is 4.77. The molecule has 0 saturated carbocycles. The molecule has 0 aromatic rings. The number of terminal acetylenes is 1. The molecule has 0 aliphatic carbocycles. The quantitative estimate of drug-likeness (QED) is 0.527. The third kappa shape index (κ3) is 3.11. The van der Waals surface area contributed by atoms with E-state index in [1.807, 2.05) is 0 Å². The highest BCUT2D eigenvalue weighted by molar-refractivity contribution is 5.85. The second kappa shape index (κ2) is 4.61. The summed E-state index contributed by atoms with van der Waals surface area (Å²) in [6.45, 7) is 1.81. The van der Waals surface area contributed by atoms with Crippen molar-refractivity contribution in [2.24, 2.45) is 0 Å². The molecule has 2 nitrogen and oxygen atoms in total. The average molecular weight is 176 g/mol. The number of hydrogen-bond acceptors (Lipinski definition) is 2. The van der Waals surface area contributed by atoms with Gasteiger partial charge in [-0.25, -0.2) is 0 Å². The zero-order valence-corrected chi connectivity index (χ0v) is 7.28. The van der Waals surface area contributed by atoms with Gasteiger partial charge < -0.3 is 10.4 Å². The maximum absolute atomic E-state index is 9.58. The van der Waals surface area contributed by atoms with Crippen LogP contribution in [-0.2, 0) is 0 Å². The van der Waals surface area contributed by atoms with Crippen LogP contribution in [0, 0.1) is 12.3 Å². The Labute approximate surface area is 73.8 Å². The van der Waals surface area contributed by atoms with Gasteiger partial charge in [-0.3, -0.25) is 0 Å². The molecule has 1 fully saturated rings. The van der Waals surface area contributed by atoms with Crippen molar-refractivity contribution < 1.29 is 5.11 Å². The van der Waals surface area contributed by atoms with Gasteiger partial charge in [0, 0.05) is 0 Å². The Morgan fingerprint density at radius 3 is 2.73 bits per heavy atom. The predicted octanol–water partition coefficient (Wildman–Crippen LogP) is 0.546. The molecule has 11 heavy (non-hydrogen) atoms. The summed E-state index contributed by atoms with van der Waals surface area (Å²) in [6.07, 6.45) is 7.57. The topological polar surface area (TPSA) is 32.3 Å². The first kappa shape index (κ1) is 10.8. The number of rotatable bonds is 0. The maximum atomic E-state index is 9.58. The molecule has 1 aliphatic heterocycles. The Bertz CT molecular complexity index is 145. The highest BCUT2D eigenvalue weighted by Crippen LogP contribution is 2.17. The van der Waals surface area contributed by atoms with Crippen LogP contribution in [-0.4, -0.2) is 23.8 Å². The minimum absolute atomic E-state index is 0. The molecular formula is C8H14ClNO. The van der Waals surface area contributed by atoms with Crippen LogP contribution in [0.1, 0.15) is 19.3 Å². The lowest BCUT2D eigenvalue weighted by molar-refractivity contribution is 0.0886. The molecule has 1 aliphatic rings. The molecule has 1 saturated heterocycles. The van der Waals surface area contributed by atoms with E-state index in [2.05, 4.69) is 11.2 Å². The van der Waals surface area contributed by atoms with Gasteiger partial charge in [-0.05, 0) is 32.4 Å². The fourth-order valence-corrected chi connectivity index (χ4v) is 1.20. The first-order valence-electron chi connectivity index (χ1n) is 3.68. The van der Waals surface area contributed by atoms with E-state index in [-0.39, 0.29) is 12.4 Å². The zero-order chi connectivity index (χ0) is 7.45. The predicted molar refractivity (Wildman–Crippen MR) is 47.8 cm³/mol. The Hall–Kier alpha value is -0.230. The van der Waals surface area contributed by atoms with Crippen LogP contribution in [0.3, 0.4) is 0 Å². The second-order valence-electron chi connectivity index (χ2n) is 2.78. The molecule has 0 bridgehead atoms. The molecule has 0 amide bonds. The van der Waals surface area contributed by atoms with Crippen molar-refractivity contribution in [3.63, 3.8) is 0 Å². The molecule has 0 spiro atoms. The van der Waals surface area contributed by atoms with E-state index < -0.39 is 5.60 Å². The lowest BCUT2D eigenvalue weighted by Gasteiger charge is -2.18. The summed E-state index contributed by atoms with van der Waals surface area (Å²) < 4.78 is 0. The molecule has 0 radical (unpaired) electrons. The van der Waals surface area contributed by atoms with Crippen LogP contribution >= 0.6 is 12.4 Å². The number of hydrogen-bond donors (Lipinski definition) is 2. The Kier molecular flexibility index (Phi) is 4.51. The van der Waals surface area contributed by atoms with E-state index in [0.717, 1.165) is 25.9 Å². The van der Waals surface area contributed by atoms with E-state index in [9.17, 15) is 5.11 Å². The fourth-order valence-electron chi connectivity index (χ4n) is 1.20. The van der Waals surface area contributed by atoms with Gasteiger partial charge in [0.05, 0.1) is 0 Å². The van der Waals surface area contributed by atoms with Crippen molar-refractivity contribution in [1.82, 2.24) is 5.32 Å². The maximum Gasteiger partial charge on any atom is 0.126 e. The minimum Gasteiger partial charge on any atom is -0.378 e. The molecule has 1 unspecified atom stereocenters. The number of aliphatic hydroxyl groups is 1. The van der Waals surface area contributed by atoms with E-state index in [0.29, 0.717) is 6.42 Å². The average Bonchev–Trinajstić information content (AvgIpc) is 2.15. The molecule has 0 aromatic heterocycles. The number of nitrogens with one attached hydrogen (secondary N) is 1. The van der Waals surface area contributed by atoms with Gasteiger partial charge in [0.1, 0.15) is 5.60 Å². The van der Waals surface area contributed by atoms with Crippen molar-refractivity contribution in [2.75, 3.05) is 13.1 Å². The summed E-state index contributed by atoms with van der Waals surface area (Å²) in [5, 5.41) is 12.8. The Morgan fingerprint density at radius 2 is 2.09 bits per heavy atom. The zero-order valence-electron chi connectivity index (χ0n) is 6.47. The summed E-state index contributed by atoms with van der Waals surface area (Å²) in [5.41, 5.74) is -0.830. The van der Waals surface area contributed by atoms with Crippen molar-refractivity contribution in [3.8, 4) is 12.3 Å². The van der Waals surface area contributed by atoms with Crippen molar-refractivity contribution in [1.29, 1.82) is 0 Å². The summed E-state index contributed by atoms with van der Waals surface area (Å²) in [6, 6.07) is 0.